The first-order valence-corrected chi connectivity index (χ1v) is 11.4. The van der Waals surface area contributed by atoms with Gasteiger partial charge in [-0.25, -0.2) is 9.50 Å². The Morgan fingerprint density at radius 2 is 1.94 bits per heavy atom. The fourth-order valence-electron chi connectivity index (χ4n) is 3.46. The van der Waals surface area contributed by atoms with Gasteiger partial charge in [0.1, 0.15) is 5.69 Å². The molecule has 2 rings (SSSR count). The summed E-state index contributed by atoms with van der Waals surface area (Å²) in [6.45, 7) is 15.5. The molecule has 0 amide bonds. The van der Waals surface area contributed by atoms with Crippen LogP contribution in [0.1, 0.15) is 90.8 Å². The zero-order valence-corrected chi connectivity index (χ0v) is 20.5. The summed E-state index contributed by atoms with van der Waals surface area (Å²) >= 11 is 0. The molecule has 0 fully saturated rings. The van der Waals surface area contributed by atoms with Crippen molar-refractivity contribution in [1.82, 2.24) is 14.6 Å². The number of nitrogens with zero attached hydrogens (tertiary/aromatic N) is 3. The van der Waals surface area contributed by atoms with Crippen LogP contribution in [0.15, 0.2) is 23.8 Å². The number of hydrogen-bond acceptors (Lipinski definition) is 5. The van der Waals surface area contributed by atoms with Crippen molar-refractivity contribution in [2.24, 2.45) is 5.92 Å². The van der Waals surface area contributed by atoms with E-state index in [-0.39, 0.29) is 19.2 Å². The summed E-state index contributed by atoms with van der Waals surface area (Å²) in [4.78, 5) is 18.0. The number of aryl methyl sites for hydroxylation is 1. The maximum Gasteiger partial charge on any atom is 0.331 e. The van der Waals surface area contributed by atoms with Crippen LogP contribution in [-0.2, 0) is 11.1 Å². The van der Waals surface area contributed by atoms with Crippen molar-refractivity contribution in [3.8, 4) is 0 Å². The van der Waals surface area contributed by atoms with Gasteiger partial charge < -0.3 is 9.76 Å². The van der Waals surface area contributed by atoms with E-state index in [9.17, 15) is 9.90 Å². The molecule has 2 aromatic heterocycles. The van der Waals surface area contributed by atoms with Crippen LogP contribution in [0.4, 0.5) is 0 Å². The minimum Gasteiger partial charge on any atom is -0.425 e. The van der Waals surface area contributed by atoms with Gasteiger partial charge >= 0.3 is 7.48 Å². The van der Waals surface area contributed by atoms with E-state index in [4.69, 9.17) is 4.65 Å². The van der Waals surface area contributed by atoms with Gasteiger partial charge in [0, 0.05) is 11.6 Å². The number of Topliss-reactive ketones (excluding diaryl/α,β-unsaturated/α-hetero) is 1. The molecule has 0 aromatic carbocycles. The fourth-order valence-corrected chi connectivity index (χ4v) is 3.46. The van der Waals surface area contributed by atoms with Crippen molar-refractivity contribution in [2.45, 2.75) is 92.3 Å². The van der Waals surface area contributed by atoms with Crippen LogP contribution in [0.5, 0.6) is 0 Å². The Morgan fingerprint density at radius 1 is 1.26 bits per heavy atom. The predicted octanol–water partition coefficient (Wildman–Crippen LogP) is 3.79. The summed E-state index contributed by atoms with van der Waals surface area (Å²) in [5.74, 6) is -0.0636. The van der Waals surface area contributed by atoms with Crippen LogP contribution in [0.3, 0.4) is 0 Å². The zero-order valence-electron chi connectivity index (χ0n) is 20.5. The summed E-state index contributed by atoms with van der Waals surface area (Å²) in [5, 5.41) is 15.0. The third kappa shape index (κ3) is 5.83. The lowest BCUT2D eigenvalue weighted by Gasteiger charge is -2.37. The maximum absolute atomic E-state index is 13.4. The van der Waals surface area contributed by atoms with Gasteiger partial charge in [0.25, 0.3) is 0 Å². The van der Waals surface area contributed by atoms with Crippen molar-refractivity contribution in [3.63, 3.8) is 0 Å². The summed E-state index contributed by atoms with van der Waals surface area (Å²) in [7, 11) is 0.254. The van der Waals surface area contributed by atoms with Gasteiger partial charge in [-0.05, 0) is 66.0 Å². The lowest BCUT2D eigenvalue weighted by molar-refractivity contribution is -0.0893. The highest BCUT2D eigenvalue weighted by Gasteiger charge is 2.36. The lowest BCUT2D eigenvalue weighted by Crippen LogP contribution is -2.49. The number of ketones is 1. The van der Waals surface area contributed by atoms with Gasteiger partial charge in [-0.15, -0.1) is 0 Å². The summed E-state index contributed by atoms with van der Waals surface area (Å²) in [5.41, 5.74) is 2.19. The van der Waals surface area contributed by atoms with Crippen LogP contribution in [0, 0.1) is 5.92 Å². The van der Waals surface area contributed by atoms with Crippen molar-refractivity contribution >= 4 is 24.5 Å². The molecule has 2 heterocycles. The highest BCUT2D eigenvalue weighted by Crippen LogP contribution is 2.25. The fraction of sp³-hybridized carbons (Fsp3) is 0.625. The van der Waals surface area contributed by atoms with Gasteiger partial charge in [-0.1, -0.05) is 38.8 Å². The SMILES string of the molecule is CC/C=C(\C)[C@H](CCC)C(=O)c1cc(CC)n2nc(BOC(C)(C)C(C)(C)O)cc2n1. The van der Waals surface area contributed by atoms with Crippen LogP contribution >= 0.6 is 0 Å². The van der Waals surface area contributed by atoms with E-state index in [1.54, 1.807) is 18.4 Å². The maximum atomic E-state index is 13.4. The number of carbonyl (C=O) groups excluding carboxylic acids is 1. The largest absolute Gasteiger partial charge is 0.425 e. The van der Waals surface area contributed by atoms with Crippen molar-refractivity contribution < 1.29 is 14.6 Å². The number of aromatic nitrogens is 3. The Balaban J connectivity index is 2.39. The van der Waals surface area contributed by atoms with E-state index in [1.807, 2.05) is 39.8 Å². The number of fused-ring (bicyclic) bond motifs is 1. The number of rotatable bonds is 11. The molecule has 0 bridgehead atoms. The molecule has 2 aromatic rings. The van der Waals surface area contributed by atoms with Gasteiger partial charge in [0.2, 0.25) is 0 Å². The van der Waals surface area contributed by atoms with Crippen LogP contribution < -0.4 is 5.59 Å². The molecule has 6 nitrogen and oxygen atoms in total. The minimum atomic E-state index is -0.989. The molecular weight excluding hydrogens is 389 g/mol. The number of allylic oxidation sites excluding steroid dienone is 2. The first kappa shape index (κ1) is 25.3. The molecule has 0 spiro atoms. The summed E-state index contributed by atoms with van der Waals surface area (Å²) in [6.07, 6.45) is 5.55. The number of aliphatic hydroxyl groups is 1. The second kappa shape index (κ2) is 10.1. The summed E-state index contributed by atoms with van der Waals surface area (Å²) in [6, 6.07) is 3.73. The third-order valence-corrected chi connectivity index (χ3v) is 6.19. The van der Waals surface area contributed by atoms with Crippen molar-refractivity contribution in [1.29, 1.82) is 0 Å². The van der Waals surface area contributed by atoms with E-state index in [0.717, 1.165) is 42.5 Å². The molecular formula is C24H38BN3O3. The number of carbonyl (C=O) groups is 1. The Labute approximate surface area is 187 Å². The van der Waals surface area contributed by atoms with Gasteiger partial charge in [-0.2, -0.15) is 5.10 Å². The van der Waals surface area contributed by atoms with Crippen LogP contribution in [-0.4, -0.2) is 44.2 Å². The molecule has 1 N–H and O–H groups in total. The van der Waals surface area contributed by atoms with E-state index in [2.05, 4.69) is 30.0 Å². The Morgan fingerprint density at radius 3 is 2.48 bits per heavy atom. The Kier molecular flexibility index (Phi) is 8.23. The highest BCUT2D eigenvalue weighted by atomic mass is 16.5. The second-order valence-corrected chi connectivity index (χ2v) is 9.31. The van der Waals surface area contributed by atoms with Crippen molar-refractivity contribution in [3.05, 3.63) is 35.2 Å². The molecule has 0 unspecified atom stereocenters. The smallest absolute Gasteiger partial charge is 0.331 e. The number of hydrogen-bond donors (Lipinski definition) is 1. The van der Waals surface area contributed by atoms with E-state index >= 15 is 0 Å². The molecule has 0 radical (unpaired) electrons. The Bertz CT molecular complexity index is 941. The van der Waals surface area contributed by atoms with Crippen LogP contribution in [0.2, 0.25) is 0 Å². The molecule has 170 valence electrons. The third-order valence-electron chi connectivity index (χ3n) is 6.19. The minimum absolute atomic E-state index is 0.0726. The van der Waals surface area contributed by atoms with Gasteiger partial charge in [-0.3, -0.25) is 4.79 Å². The quantitative estimate of drug-likeness (QED) is 0.336. The monoisotopic (exact) mass is 427 g/mol. The van der Waals surface area contributed by atoms with E-state index in [0.29, 0.717) is 11.3 Å². The lowest BCUT2D eigenvalue weighted by atomic mass is 9.85. The van der Waals surface area contributed by atoms with Crippen molar-refractivity contribution in [2.75, 3.05) is 0 Å². The molecule has 1 atom stereocenters. The molecule has 0 aliphatic rings. The normalized spacial score (nSPS) is 14.2. The Hall–Kier alpha value is -1.99. The second-order valence-electron chi connectivity index (χ2n) is 9.31. The zero-order chi connectivity index (χ0) is 23.4. The first-order valence-electron chi connectivity index (χ1n) is 11.4. The molecule has 0 saturated carbocycles. The predicted molar refractivity (Wildman–Crippen MR) is 127 cm³/mol. The van der Waals surface area contributed by atoms with Crippen LogP contribution in [0.25, 0.3) is 5.65 Å². The van der Waals surface area contributed by atoms with Gasteiger partial charge in [0.05, 0.1) is 16.8 Å². The van der Waals surface area contributed by atoms with Gasteiger partial charge in [0.15, 0.2) is 11.4 Å². The summed E-state index contributed by atoms with van der Waals surface area (Å²) < 4.78 is 7.75. The molecule has 0 saturated heterocycles. The molecule has 7 heteroatoms. The standard InChI is InChI=1S/C24H38BN3O3/c1-9-12-16(4)18(13-10-2)22(29)19-14-17(11-3)28-21(26-19)15-20(27-28)25-31-24(7,8)23(5,6)30/h12,14-15,18,25,30H,9-11,13H2,1-8H3/b16-12+/t18-/m0/s1. The molecule has 0 aliphatic heterocycles. The first-order chi connectivity index (χ1) is 14.4. The average molecular weight is 427 g/mol. The molecule has 31 heavy (non-hydrogen) atoms. The highest BCUT2D eigenvalue weighted by molar-refractivity contribution is 6.46. The van der Waals surface area contributed by atoms with E-state index in [1.165, 1.54) is 0 Å². The van der Waals surface area contributed by atoms with E-state index < -0.39 is 11.2 Å². The topological polar surface area (TPSA) is 76.7 Å². The average Bonchev–Trinajstić information content (AvgIpc) is 3.11. The molecule has 0 aliphatic carbocycles.